The van der Waals surface area contributed by atoms with E-state index in [1.807, 2.05) is 32.0 Å². The highest BCUT2D eigenvalue weighted by Gasteiger charge is 2.10. The number of nitrogens with one attached hydrogen (secondary N) is 1. The maximum absolute atomic E-state index is 5.90. The van der Waals surface area contributed by atoms with Crippen molar-refractivity contribution in [2.75, 3.05) is 6.54 Å². The van der Waals surface area contributed by atoms with E-state index in [0.717, 1.165) is 17.7 Å². The molecule has 1 N–H and O–H groups in total. The predicted octanol–water partition coefficient (Wildman–Crippen LogP) is 2.81. The molecule has 1 aromatic heterocycles. The van der Waals surface area contributed by atoms with E-state index in [-0.39, 0.29) is 0 Å². The second-order valence-electron chi connectivity index (χ2n) is 3.74. The Morgan fingerprint density at radius 3 is 2.88 bits per heavy atom. The van der Waals surface area contributed by atoms with Gasteiger partial charge in [-0.05, 0) is 37.2 Å². The lowest BCUT2D eigenvalue weighted by Crippen LogP contribution is -2.11. The van der Waals surface area contributed by atoms with E-state index in [2.05, 4.69) is 15.5 Å². The SMILES string of the molecule is CCNCc1nnc(-c2ccc(Cl)cc2C)o1. The van der Waals surface area contributed by atoms with Crippen molar-refractivity contribution < 1.29 is 4.42 Å². The molecule has 0 saturated carbocycles. The molecule has 1 heterocycles. The Morgan fingerprint density at radius 1 is 1.35 bits per heavy atom. The molecule has 2 aromatic rings. The molecule has 0 radical (unpaired) electrons. The van der Waals surface area contributed by atoms with Gasteiger partial charge in [0.25, 0.3) is 0 Å². The number of halogens is 1. The number of hydrogen-bond donors (Lipinski definition) is 1. The summed E-state index contributed by atoms with van der Waals surface area (Å²) in [6.45, 7) is 5.46. The second kappa shape index (κ2) is 5.29. The third-order valence-electron chi connectivity index (χ3n) is 2.41. The third kappa shape index (κ3) is 2.84. The van der Waals surface area contributed by atoms with Crippen LogP contribution in [0.2, 0.25) is 5.02 Å². The molecule has 0 saturated heterocycles. The van der Waals surface area contributed by atoms with Gasteiger partial charge < -0.3 is 9.73 Å². The molecule has 0 fully saturated rings. The summed E-state index contributed by atoms with van der Waals surface area (Å²) in [4.78, 5) is 0. The molecule has 4 nitrogen and oxygen atoms in total. The zero-order chi connectivity index (χ0) is 12.3. The fraction of sp³-hybridized carbons (Fsp3) is 0.333. The Bertz CT molecular complexity index is 510. The zero-order valence-corrected chi connectivity index (χ0v) is 10.6. The van der Waals surface area contributed by atoms with Crippen molar-refractivity contribution in [1.82, 2.24) is 15.5 Å². The van der Waals surface area contributed by atoms with Crippen molar-refractivity contribution in [3.63, 3.8) is 0 Å². The smallest absolute Gasteiger partial charge is 0.248 e. The summed E-state index contributed by atoms with van der Waals surface area (Å²) in [5, 5.41) is 11.9. The van der Waals surface area contributed by atoms with Crippen LogP contribution in [0.5, 0.6) is 0 Å². The van der Waals surface area contributed by atoms with Crippen LogP contribution in [-0.4, -0.2) is 16.7 Å². The number of aromatic nitrogens is 2. The van der Waals surface area contributed by atoms with Gasteiger partial charge >= 0.3 is 0 Å². The van der Waals surface area contributed by atoms with Gasteiger partial charge in [0, 0.05) is 10.6 Å². The Morgan fingerprint density at radius 2 is 2.18 bits per heavy atom. The summed E-state index contributed by atoms with van der Waals surface area (Å²) in [5.41, 5.74) is 1.95. The van der Waals surface area contributed by atoms with E-state index >= 15 is 0 Å². The predicted molar refractivity (Wildman–Crippen MR) is 66.9 cm³/mol. The highest BCUT2D eigenvalue weighted by molar-refractivity contribution is 6.30. The van der Waals surface area contributed by atoms with E-state index in [1.165, 1.54) is 0 Å². The quantitative estimate of drug-likeness (QED) is 0.908. The summed E-state index contributed by atoms with van der Waals surface area (Å²) in [6.07, 6.45) is 0. The molecule has 90 valence electrons. The molecule has 0 bridgehead atoms. The maximum Gasteiger partial charge on any atom is 0.248 e. The average Bonchev–Trinajstić information content (AvgIpc) is 2.75. The summed E-state index contributed by atoms with van der Waals surface area (Å²) in [7, 11) is 0. The minimum absolute atomic E-state index is 0.534. The number of nitrogens with zero attached hydrogens (tertiary/aromatic N) is 2. The largest absolute Gasteiger partial charge is 0.419 e. The van der Waals surface area contributed by atoms with Crippen molar-refractivity contribution in [1.29, 1.82) is 0 Å². The van der Waals surface area contributed by atoms with E-state index in [0.29, 0.717) is 23.3 Å². The molecule has 0 aliphatic carbocycles. The minimum Gasteiger partial charge on any atom is -0.419 e. The summed E-state index contributed by atoms with van der Waals surface area (Å²) < 4.78 is 5.56. The van der Waals surface area contributed by atoms with Crippen LogP contribution >= 0.6 is 11.6 Å². The van der Waals surface area contributed by atoms with Crippen LogP contribution in [0.1, 0.15) is 18.4 Å². The Balaban J connectivity index is 2.24. The highest BCUT2D eigenvalue weighted by atomic mass is 35.5. The monoisotopic (exact) mass is 251 g/mol. The molecular weight excluding hydrogens is 238 g/mol. The van der Waals surface area contributed by atoms with Crippen LogP contribution in [0.4, 0.5) is 0 Å². The molecule has 0 spiro atoms. The first-order chi connectivity index (χ1) is 8.20. The number of hydrogen-bond acceptors (Lipinski definition) is 4. The second-order valence-corrected chi connectivity index (χ2v) is 4.18. The number of aryl methyl sites for hydroxylation is 1. The van der Waals surface area contributed by atoms with Crippen LogP contribution in [0, 0.1) is 6.92 Å². The van der Waals surface area contributed by atoms with Crippen molar-refractivity contribution in [2.24, 2.45) is 0 Å². The molecule has 0 atom stereocenters. The highest BCUT2D eigenvalue weighted by Crippen LogP contribution is 2.24. The third-order valence-corrected chi connectivity index (χ3v) is 2.65. The van der Waals surface area contributed by atoms with Gasteiger partial charge in [0.05, 0.1) is 6.54 Å². The molecule has 0 amide bonds. The molecule has 1 aromatic carbocycles. The summed E-state index contributed by atoms with van der Waals surface area (Å²) in [5.74, 6) is 1.13. The number of rotatable bonds is 4. The summed E-state index contributed by atoms with van der Waals surface area (Å²) >= 11 is 5.90. The first-order valence-electron chi connectivity index (χ1n) is 5.50. The van der Waals surface area contributed by atoms with E-state index in [1.54, 1.807) is 0 Å². The minimum atomic E-state index is 0.534. The van der Waals surface area contributed by atoms with Crippen molar-refractivity contribution >= 4 is 11.6 Å². The van der Waals surface area contributed by atoms with Gasteiger partial charge in [0.1, 0.15) is 0 Å². The van der Waals surface area contributed by atoms with Gasteiger partial charge in [-0.2, -0.15) is 0 Å². The fourth-order valence-corrected chi connectivity index (χ4v) is 1.76. The topological polar surface area (TPSA) is 51.0 Å². The fourth-order valence-electron chi connectivity index (χ4n) is 1.53. The van der Waals surface area contributed by atoms with Crippen LogP contribution in [-0.2, 0) is 6.54 Å². The molecule has 5 heteroatoms. The van der Waals surface area contributed by atoms with Gasteiger partial charge in [-0.25, -0.2) is 0 Å². The first-order valence-corrected chi connectivity index (χ1v) is 5.88. The van der Waals surface area contributed by atoms with Crippen LogP contribution in [0.3, 0.4) is 0 Å². The first kappa shape index (κ1) is 12.1. The van der Waals surface area contributed by atoms with E-state index in [4.69, 9.17) is 16.0 Å². The molecule has 2 rings (SSSR count). The molecular formula is C12H14ClN3O. The summed E-state index contributed by atoms with van der Waals surface area (Å²) in [6, 6.07) is 5.59. The number of benzene rings is 1. The van der Waals surface area contributed by atoms with Gasteiger partial charge in [-0.3, -0.25) is 0 Å². The molecule has 17 heavy (non-hydrogen) atoms. The van der Waals surface area contributed by atoms with E-state index in [9.17, 15) is 0 Å². The maximum atomic E-state index is 5.90. The van der Waals surface area contributed by atoms with Gasteiger partial charge in [0.2, 0.25) is 11.8 Å². The molecule has 0 aliphatic heterocycles. The van der Waals surface area contributed by atoms with Gasteiger partial charge in [0.15, 0.2) is 0 Å². The average molecular weight is 252 g/mol. The van der Waals surface area contributed by atoms with E-state index < -0.39 is 0 Å². The standard InChI is InChI=1S/C12H14ClN3O/c1-3-14-7-11-15-16-12(17-11)10-5-4-9(13)6-8(10)2/h4-6,14H,3,7H2,1-2H3. The van der Waals surface area contributed by atoms with Crippen LogP contribution in [0.25, 0.3) is 11.5 Å². The van der Waals surface area contributed by atoms with Crippen molar-refractivity contribution in [3.05, 3.63) is 34.7 Å². The lowest BCUT2D eigenvalue weighted by Gasteiger charge is -2.00. The van der Waals surface area contributed by atoms with Crippen LogP contribution in [0.15, 0.2) is 22.6 Å². The van der Waals surface area contributed by atoms with Gasteiger partial charge in [-0.1, -0.05) is 18.5 Å². The molecule has 0 aliphatic rings. The Labute approximate surface area is 105 Å². The Kier molecular flexibility index (Phi) is 3.76. The van der Waals surface area contributed by atoms with Gasteiger partial charge in [-0.15, -0.1) is 10.2 Å². The molecule has 0 unspecified atom stereocenters. The Hall–Kier alpha value is -1.39. The lowest BCUT2D eigenvalue weighted by atomic mass is 10.1. The van der Waals surface area contributed by atoms with Crippen LogP contribution < -0.4 is 5.32 Å². The normalized spacial score (nSPS) is 10.8. The van der Waals surface area contributed by atoms with Crippen molar-refractivity contribution in [3.8, 4) is 11.5 Å². The van der Waals surface area contributed by atoms with Crippen molar-refractivity contribution in [2.45, 2.75) is 20.4 Å². The lowest BCUT2D eigenvalue weighted by molar-refractivity contribution is 0.482. The zero-order valence-electron chi connectivity index (χ0n) is 9.83.